The Balaban J connectivity index is 1.43. The smallest absolute Gasteiger partial charge is 0.264 e. The predicted octanol–water partition coefficient (Wildman–Crippen LogP) is 5.77. The number of carbonyl (C=O) groups is 2. The van der Waals surface area contributed by atoms with Gasteiger partial charge in [0, 0.05) is 42.6 Å². The molecule has 0 atom stereocenters. The Labute approximate surface area is 207 Å². The molecule has 1 fully saturated rings. The molecule has 0 unspecified atom stereocenters. The molecule has 2 amide bonds. The zero-order valence-corrected chi connectivity index (χ0v) is 20.4. The number of hydrogen-bond donors (Lipinski definition) is 0. The van der Waals surface area contributed by atoms with Crippen LogP contribution in [0.2, 0.25) is 5.02 Å². The second-order valence-electron chi connectivity index (χ2n) is 8.27. The molecule has 3 heterocycles. The summed E-state index contributed by atoms with van der Waals surface area (Å²) in [5, 5.41) is 2.58. The standard InChI is InChI=1S/C27H24ClN3O2S/c1-19-23(26(32)29-13-15-30(16-14-29)27(33)25-8-5-17-34-25)18-24(20-9-11-21(28)12-10-20)31(19)22-6-3-2-4-7-22/h2-12,17-18H,13-16H2,1H3. The van der Waals surface area contributed by atoms with Crippen molar-refractivity contribution in [3.05, 3.63) is 99.3 Å². The number of thiophene rings is 1. The molecule has 0 spiro atoms. The van der Waals surface area contributed by atoms with Crippen molar-refractivity contribution >= 4 is 34.8 Å². The molecule has 1 saturated heterocycles. The highest BCUT2D eigenvalue weighted by molar-refractivity contribution is 7.12. The Bertz CT molecular complexity index is 1310. The molecule has 5 rings (SSSR count). The fraction of sp³-hybridized carbons (Fsp3) is 0.185. The first-order chi connectivity index (χ1) is 16.5. The summed E-state index contributed by atoms with van der Waals surface area (Å²) in [4.78, 5) is 30.7. The number of carbonyl (C=O) groups excluding carboxylic acids is 2. The monoisotopic (exact) mass is 489 g/mol. The number of nitrogens with zero attached hydrogens (tertiary/aromatic N) is 3. The van der Waals surface area contributed by atoms with Crippen LogP contribution in [0.15, 0.2) is 78.2 Å². The molecule has 1 aliphatic rings. The summed E-state index contributed by atoms with van der Waals surface area (Å²) in [6, 6.07) is 23.4. The van der Waals surface area contributed by atoms with Gasteiger partial charge in [0.1, 0.15) is 0 Å². The molecule has 0 aliphatic carbocycles. The molecule has 2 aromatic heterocycles. The molecule has 0 N–H and O–H groups in total. The maximum atomic E-state index is 13.6. The van der Waals surface area contributed by atoms with E-state index in [0.717, 1.165) is 27.5 Å². The van der Waals surface area contributed by atoms with E-state index in [4.69, 9.17) is 11.6 Å². The lowest BCUT2D eigenvalue weighted by atomic mass is 10.1. The third-order valence-corrected chi connectivity index (χ3v) is 7.33. The Morgan fingerprint density at radius 2 is 1.47 bits per heavy atom. The number of piperazine rings is 1. The fourth-order valence-corrected chi connectivity index (χ4v) is 5.22. The first kappa shape index (κ1) is 22.4. The molecular formula is C27H24ClN3O2S. The maximum Gasteiger partial charge on any atom is 0.264 e. The van der Waals surface area contributed by atoms with Crippen LogP contribution in [-0.4, -0.2) is 52.4 Å². The van der Waals surface area contributed by atoms with Crippen molar-refractivity contribution < 1.29 is 9.59 Å². The van der Waals surface area contributed by atoms with Gasteiger partial charge in [-0.25, -0.2) is 0 Å². The highest BCUT2D eigenvalue weighted by atomic mass is 35.5. The lowest BCUT2D eigenvalue weighted by Gasteiger charge is -2.34. The third kappa shape index (κ3) is 4.27. The summed E-state index contributed by atoms with van der Waals surface area (Å²) < 4.78 is 2.12. The lowest BCUT2D eigenvalue weighted by molar-refractivity contribution is 0.0537. The number of halogens is 1. The first-order valence-corrected chi connectivity index (χ1v) is 12.4. The van der Waals surface area contributed by atoms with Crippen LogP contribution in [0.5, 0.6) is 0 Å². The Morgan fingerprint density at radius 1 is 0.824 bits per heavy atom. The highest BCUT2D eigenvalue weighted by Gasteiger charge is 2.28. The minimum atomic E-state index is -0.00869. The van der Waals surface area contributed by atoms with E-state index in [0.29, 0.717) is 36.8 Å². The van der Waals surface area contributed by atoms with Crippen LogP contribution in [0.4, 0.5) is 0 Å². The van der Waals surface area contributed by atoms with E-state index >= 15 is 0 Å². The number of rotatable bonds is 4. The molecule has 0 bridgehead atoms. The van der Waals surface area contributed by atoms with Gasteiger partial charge in [-0.15, -0.1) is 11.3 Å². The largest absolute Gasteiger partial charge is 0.335 e. The minimum absolute atomic E-state index is 0.00869. The van der Waals surface area contributed by atoms with Crippen molar-refractivity contribution in [3.63, 3.8) is 0 Å². The van der Waals surface area contributed by atoms with Crippen molar-refractivity contribution in [3.8, 4) is 16.9 Å². The average molecular weight is 490 g/mol. The molecule has 34 heavy (non-hydrogen) atoms. The maximum absolute atomic E-state index is 13.6. The average Bonchev–Trinajstić information content (AvgIpc) is 3.53. The van der Waals surface area contributed by atoms with Gasteiger partial charge >= 0.3 is 0 Å². The molecular weight excluding hydrogens is 466 g/mol. The lowest BCUT2D eigenvalue weighted by Crippen LogP contribution is -2.50. The highest BCUT2D eigenvalue weighted by Crippen LogP contribution is 2.31. The van der Waals surface area contributed by atoms with Crippen LogP contribution >= 0.6 is 22.9 Å². The van der Waals surface area contributed by atoms with Crippen molar-refractivity contribution in [1.82, 2.24) is 14.4 Å². The predicted molar refractivity (Wildman–Crippen MR) is 137 cm³/mol. The Morgan fingerprint density at radius 3 is 2.09 bits per heavy atom. The molecule has 1 aliphatic heterocycles. The number of aromatic nitrogens is 1. The molecule has 2 aromatic carbocycles. The molecule has 4 aromatic rings. The van der Waals surface area contributed by atoms with Gasteiger partial charge in [-0.2, -0.15) is 0 Å². The van der Waals surface area contributed by atoms with Crippen molar-refractivity contribution in [2.75, 3.05) is 26.2 Å². The first-order valence-electron chi connectivity index (χ1n) is 11.2. The zero-order chi connectivity index (χ0) is 23.7. The summed E-state index contributed by atoms with van der Waals surface area (Å²) >= 11 is 7.56. The van der Waals surface area contributed by atoms with Crippen LogP contribution in [0.1, 0.15) is 25.7 Å². The van der Waals surface area contributed by atoms with E-state index < -0.39 is 0 Å². The van der Waals surface area contributed by atoms with Crippen LogP contribution in [0.3, 0.4) is 0 Å². The second-order valence-corrected chi connectivity index (χ2v) is 9.65. The third-order valence-electron chi connectivity index (χ3n) is 6.22. The quantitative estimate of drug-likeness (QED) is 0.365. The number of amides is 2. The Kier molecular flexibility index (Phi) is 6.26. The summed E-state index contributed by atoms with van der Waals surface area (Å²) in [5.74, 6) is 0.0316. The summed E-state index contributed by atoms with van der Waals surface area (Å²) in [6.07, 6.45) is 0. The van der Waals surface area contributed by atoms with E-state index in [-0.39, 0.29) is 11.8 Å². The molecule has 5 nitrogen and oxygen atoms in total. The second kappa shape index (κ2) is 9.49. The molecule has 7 heteroatoms. The van der Waals surface area contributed by atoms with Gasteiger partial charge in [0.05, 0.1) is 16.1 Å². The van der Waals surface area contributed by atoms with Crippen LogP contribution < -0.4 is 0 Å². The van der Waals surface area contributed by atoms with Crippen molar-refractivity contribution in [2.45, 2.75) is 6.92 Å². The topological polar surface area (TPSA) is 45.6 Å². The van der Waals surface area contributed by atoms with Gasteiger partial charge in [0.2, 0.25) is 0 Å². The number of hydrogen-bond acceptors (Lipinski definition) is 3. The van der Waals surface area contributed by atoms with Gasteiger partial charge in [0.25, 0.3) is 11.8 Å². The van der Waals surface area contributed by atoms with E-state index in [1.807, 2.05) is 94.9 Å². The normalized spacial score (nSPS) is 13.8. The minimum Gasteiger partial charge on any atom is -0.335 e. The van der Waals surface area contributed by atoms with E-state index in [1.54, 1.807) is 0 Å². The SMILES string of the molecule is Cc1c(C(=O)N2CCN(C(=O)c3cccs3)CC2)cc(-c2ccc(Cl)cc2)n1-c1ccccc1. The van der Waals surface area contributed by atoms with Gasteiger partial charge in [-0.3, -0.25) is 9.59 Å². The number of benzene rings is 2. The molecule has 0 radical (unpaired) electrons. The van der Waals surface area contributed by atoms with Crippen molar-refractivity contribution in [2.24, 2.45) is 0 Å². The Hall–Kier alpha value is -3.35. The van der Waals surface area contributed by atoms with E-state index in [1.165, 1.54) is 11.3 Å². The van der Waals surface area contributed by atoms with Crippen LogP contribution in [-0.2, 0) is 0 Å². The van der Waals surface area contributed by atoms with Gasteiger partial charge in [-0.1, -0.05) is 48.0 Å². The number of para-hydroxylation sites is 1. The summed E-state index contributed by atoms with van der Waals surface area (Å²) in [6.45, 7) is 4.08. The van der Waals surface area contributed by atoms with Crippen molar-refractivity contribution in [1.29, 1.82) is 0 Å². The zero-order valence-electron chi connectivity index (χ0n) is 18.8. The molecule has 0 saturated carbocycles. The van der Waals surface area contributed by atoms with Gasteiger partial charge in [0.15, 0.2) is 0 Å². The molecule has 172 valence electrons. The van der Waals surface area contributed by atoms with Gasteiger partial charge in [-0.05, 0) is 54.3 Å². The fourth-order valence-electron chi connectivity index (χ4n) is 4.41. The van der Waals surface area contributed by atoms with Crippen LogP contribution in [0, 0.1) is 6.92 Å². The summed E-state index contributed by atoms with van der Waals surface area (Å²) in [7, 11) is 0. The van der Waals surface area contributed by atoms with E-state index in [9.17, 15) is 9.59 Å². The van der Waals surface area contributed by atoms with Crippen LogP contribution in [0.25, 0.3) is 16.9 Å². The summed E-state index contributed by atoms with van der Waals surface area (Å²) in [5.41, 5.74) is 4.48. The van der Waals surface area contributed by atoms with Gasteiger partial charge < -0.3 is 14.4 Å². The van der Waals surface area contributed by atoms with E-state index in [2.05, 4.69) is 4.57 Å².